The zero-order valence-electron chi connectivity index (χ0n) is 8.94. The van der Waals surface area contributed by atoms with Crippen LogP contribution in [0.25, 0.3) is 0 Å². The van der Waals surface area contributed by atoms with Gasteiger partial charge >= 0.3 is 6.03 Å². The van der Waals surface area contributed by atoms with E-state index in [4.69, 9.17) is 0 Å². The van der Waals surface area contributed by atoms with Gasteiger partial charge in [-0.05, 0) is 6.07 Å². The molecule has 0 saturated carbocycles. The highest BCUT2D eigenvalue weighted by atomic mass is 19.1. The van der Waals surface area contributed by atoms with Crippen LogP contribution in [-0.4, -0.2) is 31.2 Å². The SMILES string of the molecule is O=C1N(CF)c2ccccc2C(CF)N1CF. The van der Waals surface area contributed by atoms with Crippen LogP contribution in [0, 0.1) is 0 Å². The molecule has 2 amide bonds. The predicted molar refractivity (Wildman–Crippen MR) is 56.8 cm³/mol. The molecular weight excluding hydrogens is 233 g/mol. The summed E-state index contributed by atoms with van der Waals surface area (Å²) in [5.41, 5.74) is 0.720. The Labute approximate surface area is 96.4 Å². The van der Waals surface area contributed by atoms with Gasteiger partial charge in [0.15, 0.2) is 13.6 Å². The lowest BCUT2D eigenvalue weighted by Crippen LogP contribution is -2.49. The molecule has 1 aliphatic heterocycles. The first kappa shape index (κ1) is 11.8. The molecule has 3 nitrogen and oxygen atoms in total. The van der Waals surface area contributed by atoms with Gasteiger partial charge in [-0.25, -0.2) is 18.0 Å². The second kappa shape index (κ2) is 4.65. The number of halogens is 3. The third-order valence-electron chi connectivity index (χ3n) is 2.83. The van der Waals surface area contributed by atoms with Crippen LogP contribution in [-0.2, 0) is 0 Å². The molecule has 0 aliphatic carbocycles. The number of anilines is 1. The molecule has 0 saturated heterocycles. The third-order valence-corrected chi connectivity index (χ3v) is 2.83. The summed E-state index contributed by atoms with van der Waals surface area (Å²) in [5.74, 6) is 0. The van der Waals surface area contributed by atoms with Gasteiger partial charge in [0.05, 0.1) is 11.7 Å². The predicted octanol–water partition coefficient (Wildman–Crippen LogP) is 2.79. The van der Waals surface area contributed by atoms with Gasteiger partial charge in [0.25, 0.3) is 0 Å². The van der Waals surface area contributed by atoms with Crippen LogP contribution in [0.15, 0.2) is 24.3 Å². The van der Waals surface area contributed by atoms with Gasteiger partial charge in [0.2, 0.25) is 0 Å². The number of urea groups is 1. The second-order valence-electron chi connectivity index (χ2n) is 3.65. The van der Waals surface area contributed by atoms with Gasteiger partial charge in [-0.15, -0.1) is 0 Å². The fourth-order valence-corrected chi connectivity index (χ4v) is 1.99. The van der Waals surface area contributed by atoms with Crippen molar-refractivity contribution in [2.75, 3.05) is 25.2 Å². The molecule has 1 aromatic carbocycles. The van der Waals surface area contributed by atoms with Crippen molar-refractivity contribution < 1.29 is 18.0 Å². The number of alkyl halides is 3. The smallest absolute Gasteiger partial charge is 0.286 e. The van der Waals surface area contributed by atoms with Crippen molar-refractivity contribution in [3.8, 4) is 0 Å². The molecule has 1 unspecified atom stereocenters. The summed E-state index contributed by atoms with van der Waals surface area (Å²) >= 11 is 0. The molecule has 0 bridgehead atoms. The Morgan fingerprint density at radius 2 is 1.82 bits per heavy atom. The van der Waals surface area contributed by atoms with Crippen molar-refractivity contribution in [2.45, 2.75) is 6.04 Å². The topological polar surface area (TPSA) is 23.6 Å². The van der Waals surface area contributed by atoms with Crippen LogP contribution in [0.4, 0.5) is 23.7 Å². The number of fused-ring (bicyclic) bond motifs is 1. The highest BCUT2D eigenvalue weighted by Gasteiger charge is 2.37. The number of hydrogen-bond acceptors (Lipinski definition) is 1. The molecule has 1 aromatic rings. The van der Waals surface area contributed by atoms with E-state index in [2.05, 4.69) is 0 Å². The highest BCUT2D eigenvalue weighted by Crippen LogP contribution is 2.36. The largest absolute Gasteiger partial charge is 0.329 e. The van der Waals surface area contributed by atoms with E-state index in [1.807, 2.05) is 0 Å². The summed E-state index contributed by atoms with van der Waals surface area (Å²) < 4.78 is 38.5. The quantitative estimate of drug-likeness (QED) is 0.750. The fraction of sp³-hybridized carbons (Fsp3) is 0.364. The van der Waals surface area contributed by atoms with Gasteiger partial charge in [-0.2, -0.15) is 0 Å². The van der Waals surface area contributed by atoms with Crippen molar-refractivity contribution in [1.29, 1.82) is 0 Å². The van der Waals surface area contributed by atoms with Crippen LogP contribution in [0.2, 0.25) is 0 Å². The highest BCUT2D eigenvalue weighted by molar-refractivity contribution is 5.95. The summed E-state index contributed by atoms with van der Waals surface area (Å²) in [7, 11) is 0. The molecule has 1 atom stereocenters. The van der Waals surface area contributed by atoms with E-state index in [-0.39, 0.29) is 0 Å². The number of rotatable bonds is 3. The van der Waals surface area contributed by atoms with E-state index >= 15 is 0 Å². The molecule has 92 valence electrons. The van der Waals surface area contributed by atoms with E-state index in [0.717, 1.165) is 4.90 Å². The van der Waals surface area contributed by atoms with E-state index in [0.29, 0.717) is 16.2 Å². The van der Waals surface area contributed by atoms with Gasteiger partial charge in [-0.3, -0.25) is 9.80 Å². The first-order valence-corrected chi connectivity index (χ1v) is 5.09. The van der Waals surface area contributed by atoms with Crippen LogP contribution in [0.1, 0.15) is 11.6 Å². The van der Waals surface area contributed by atoms with Crippen molar-refractivity contribution >= 4 is 11.7 Å². The number of amides is 2. The Bertz CT molecular complexity index is 427. The van der Waals surface area contributed by atoms with Gasteiger partial charge in [0, 0.05) is 5.56 Å². The molecule has 1 aliphatic rings. The van der Waals surface area contributed by atoms with E-state index in [1.54, 1.807) is 18.2 Å². The molecular formula is C11H11F3N2O. The van der Waals surface area contributed by atoms with E-state index < -0.39 is 32.3 Å². The Hall–Kier alpha value is -1.72. The number of benzene rings is 1. The minimum Gasteiger partial charge on any atom is -0.286 e. The van der Waals surface area contributed by atoms with Gasteiger partial charge < -0.3 is 0 Å². The standard InChI is InChI=1S/C11H11F3N2O/c12-5-10-8-3-1-2-4-9(8)15(6-13)11(17)16(10)7-14/h1-4,10H,5-7H2. The number of carbonyl (C=O) groups is 1. The molecule has 6 heteroatoms. The lowest BCUT2D eigenvalue weighted by molar-refractivity contribution is 0.124. The summed E-state index contributed by atoms with van der Waals surface area (Å²) in [6.07, 6.45) is 0. The Morgan fingerprint density at radius 3 is 2.41 bits per heavy atom. The maximum absolute atomic E-state index is 12.9. The number of para-hydroxylation sites is 1. The molecule has 1 heterocycles. The number of carbonyl (C=O) groups excluding carboxylic acids is 1. The maximum atomic E-state index is 12.9. The molecule has 0 N–H and O–H groups in total. The molecule has 0 spiro atoms. The summed E-state index contributed by atoms with van der Waals surface area (Å²) in [6.45, 7) is -3.10. The average Bonchev–Trinajstić information content (AvgIpc) is 2.37. The molecule has 0 fully saturated rings. The van der Waals surface area contributed by atoms with Crippen LogP contribution in [0.3, 0.4) is 0 Å². The summed E-state index contributed by atoms with van der Waals surface area (Å²) in [4.78, 5) is 13.2. The monoisotopic (exact) mass is 244 g/mol. The van der Waals surface area contributed by atoms with Crippen LogP contribution >= 0.6 is 0 Å². The van der Waals surface area contributed by atoms with Crippen LogP contribution < -0.4 is 4.90 Å². The van der Waals surface area contributed by atoms with Crippen molar-refractivity contribution in [3.63, 3.8) is 0 Å². The van der Waals surface area contributed by atoms with Gasteiger partial charge in [0.1, 0.15) is 6.67 Å². The molecule has 0 aromatic heterocycles. The average molecular weight is 244 g/mol. The lowest BCUT2D eigenvalue weighted by Gasteiger charge is -2.38. The lowest BCUT2D eigenvalue weighted by atomic mass is 10.0. The first-order valence-electron chi connectivity index (χ1n) is 5.09. The summed E-state index contributed by atoms with van der Waals surface area (Å²) in [6, 6.07) is 4.52. The molecule has 2 rings (SSSR count). The minimum atomic E-state index is -1.14. The van der Waals surface area contributed by atoms with Gasteiger partial charge in [-0.1, -0.05) is 18.2 Å². The first-order chi connectivity index (χ1) is 8.24. The Kier molecular flexibility index (Phi) is 3.21. The number of hydrogen-bond donors (Lipinski definition) is 0. The summed E-state index contributed by atoms with van der Waals surface area (Å²) in [5, 5.41) is 0. The normalized spacial score (nSPS) is 19.5. The second-order valence-corrected chi connectivity index (χ2v) is 3.65. The Balaban J connectivity index is 2.53. The number of nitrogens with zero attached hydrogens (tertiary/aromatic N) is 2. The van der Waals surface area contributed by atoms with E-state index in [1.165, 1.54) is 6.07 Å². The zero-order chi connectivity index (χ0) is 12.4. The third kappa shape index (κ3) is 1.73. The fourth-order valence-electron chi connectivity index (χ4n) is 1.99. The Morgan fingerprint density at radius 1 is 1.12 bits per heavy atom. The van der Waals surface area contributed by atoms with Crippen molar-refractivity contribution in [2.24, 2.45) is 0 Å². The zero-order valence-corrected chi connectivity index (χ0v) is 8.94. The van der Waals surface area contributed by atoms with E-state index in [9.17, 15) is 18.0 Å². The molecule has 17 heavy (non-hydrogen) atoms. The maximum Gasteiger partial charge on any atom is 0.329 e. The van der Waals surface area contributed by atoms with Crippen LogP contribution in [0.5, 0.6) is 0 Å². The molecule has 0 radical (unpaired) electrons. The van der Waals surface area contributed by atoms with Crippen molar-refractivity contribution in [1.82, 2.24) is 4.90 Å². The minimum absolute atomic E-state index is 0.298. The van der Waals surface area contributed by atoms with Crippen molar-refractivity contribution in [3.05, 3.63) is 29.8 Å².